The molecule has 10 heavy (non-hydrogen) atoms. The maximum Gasteiger partial charge on any atom is 0.332 e. The summed E-state index contributed by atoms with van der Waals surface area (Å²) in [6, 6.07) is 0. The van der Waals surface area contributed by atoms with Crippen molar-refractivity contribution in [2.45, 2.75) is 19.8 Å². The van der Waals surface area contributed by atoms with Crippen LogP contribution in [0, 0.1) is 0 Å². The molecule has 0 amide bonds. The number of ketones is 1. The van der Waals surface area contributed by atoms with Crippen LogP contribution >= 0.6 is 7.60 Å². The monoisotopic (exact) mass is 166 g/mol. The molecule has 0 aliphatic carbocycles. The number of carbonyl (C=O) groups excluding carboxylic acids is 1. The molecule has 0 aromatic rings. The summed E-state index contributed by atoms with van der Waals surface area (Å²) in [6.07, 6.45) is 0.283. The smallest absolute Gasteiger partial charge is 0.324 e. The number of Topliss-reactive ketones (excluding diaryl/α,β-unsaturated/α-hetero) is 1. The van der Waals surface area contributed by atoms with Crippen LogP contribution in [0.5, 0.6) is 0 Å². The first-order valence-electron chi connectivity index (χ1n) is 3.02. The Labute approximate surface area is 59.4 Å². The Bertz CT molecular complexity index is 159. The van der Waals surface area contributed by atoms with Crippen LogP contribution in [0.2, 0.25) is 0 Å². The van der Waals surface area contributed by atoms with E-state index < -0.39 is 13.8 Å². The van der Waals surface area contributed by atoms with E-state index in [1.807, 2.05) is 0 Å². The number of hydrogen-bond acceptors (Lipinski definition) is 2. The van der Waals surface area contributed by atoms with Crippen LogP contribution in [0.3, 0.4) is 0 Å². The molecule has 0 fully saturated rings. The molecule has 0 aliphatic rings. The van der Waals surface area contributed by atoms with Gasteiger partial charge in [-0.2, -0.15) is 0 Å². The summed E-state index contributed by atoms with van der Waals surface area (Å²) < 4.78 is 10.2. The minimum absolute atomic E-state index is 0.255. The van der Waals surface area contributed by atoms with Gasteiger partial charge >= 0.3 is 7.60 Å². The molecule has 0 unspecified atom stereocenters. The molecule has 0 aromatic carbocycles. The Hall–Kier alpha value is -0.180. The molecule has 0 saturated heterocycles. The maximum atomic E-state index is 10.6. The van der Waals surface area contributed by atoms with E-state index >= 15 is 0 Å². The minimum atomic E-state index is -4.10. The highest BCUT2D eigenvalue weighted by atomic mass is 31.2. The quantitative estimate of drug-likeness (QED) is 0.597. The lowest BCUT2D eigenvalue weighted by Gasteiger charge is -2.00. The molecule has 0 aromatic heterocycles. The lowest BCUT2D eigenvalue weighted by atomic mass is 10.3. The molecule has 0 aliphatic heterocycles. The minimum Gasteiger partial charge on any atom is -0.324 e. The lowest BCUT2D eigenvalue weighted by molar-refractivity contribution is -0.116. The zero-order chi connectivity index (χ0) is 8.20. The number of hydrogen-bond donors (Lipinski definition) is 2. The van der Waals surface area contributed by atoms with E-state index in [4.69, 9.17) is 9.79 Å². The fourth-order valence-corrected chi connectivity index (χ4v) is 1.21. The van der Waals surface area contributed by atoms with Crippen LogP contribution in [0.25, 0.3) is 0 Å². The second kappa shape index (κ2) is 3.86. The molecule has 5 heteroatoms. The average molecular weight is 166 g/mol. The Kier molecular flexibility index (Phi) is 3.79. The Morgan fingerprint density at radius 1 is 1.50 bits per heavy atom. The maximum absolute atomic E-state index is 10.6. The normalized spacial score (nSPS) is 11.5. The van der Waals surface area contributed by atoms with Gasteiger partial charge in [-0.1, -0.05) is 6.92 Å². The van der Waals surface area contributed by atoms with Gasteiger partial charge in [0.1, 0.15) is 11.9 Å². The lowest BCUT2D eigenvalue weighted by Crippen LogP contribution is -2.03. The summed E-state index contributed by atoms with van der Waals surface area (Å²) in [5.74, 6) is -0.365. The second-order valence-electron chi connectivity index (χ2n) is 2.11. The molecule has 4 nitrogen and oxygen atoms in total. The summed E-state index contributed by atoms with van der Waals surface area (Å²) in [7, 11) is -4.10. The molecule has 0 saturated carbocycles. The molecule has 0 rings (SSSR count). The van der Waals surface area contributed by atoms with E-state index in [0.29, 0.717) is 6.42 Å². The van der Waals surface area contributed by atoms with Crippen molar-refractivity contribution in [1.82, 2.24) is 0 Å². The number of rotatable bonds is 4. The standard InChI is InChI=1S/C5H11O4P/c1-2-3-5(6)4-10(7,8)9/h2-4H2,1H3,(H2,7,8,9). The predicted molar refractivity (Wildman–Crippen MR) is 36.8 cm³/mol. The van der Waals surface area contributed by atoms with Gasteiger partial charge in [-0.15, -0.1) is 0 Å². The van der Waals surface area contributed by atoms with Gasteiger partial charge in [0.2, 0.25) is 0 Å². The topological polar surface area (TPSA) is 74.6 Å². The molecule has 0 heterocycles. The first kappa shape index (κ1) is 9.82. The van der Waals surface area contributed by atoms with Crippen LogP contribution < -0.4 is 0 Å². The van der Waals surface area contributed by atoms with Crippen molar-refractivity contribution in [2.24, 2.45) is 0 Å². The predicted octanol–water partition coefficient (Wildman–Crippen LogP) is 0.533. The van der Waals surface area contributed by atoms with E-state index in [1.165, 1.54) is 0 Å². The SMILES string of the molecule is CCCC(=O)CP(=O)(O)O. The third-order valence-electron chi connectivity index (χ3n) is 0.911. The zero-order valence-electron chi connectivity index (χ0n) is 5.78. The molecular weight excluding hydrogens is 155 g/mol. The number of carbonyl (C=O) groups is 1. The van der Waals surface area contributed by atoms with E-state index in [0.717, 1.165) is 0 Å². The zero-order valence-corrected chi connectivity index (χ0v) is 6.67. The van der Waals surface area contributed by atoms with Crippen LogP contribution in [-0.4, -0.2) is 21.7 Å². The van der Waals surface area contributed by atoms with E-state index in [9.17, 15) is 9.36 Å². The Balaban J connectivity index is 3.70. The van der Waals surface area contributed by atoms with Crippen molar-refractivity contribution in [3.63, 3.8) is 0 Å². The highest BCUT2D eigenvalue weighted by molar-refractivity contribution is 7.52. The third kappa shape index (κ3) is 5.95. The first-order chi connectivity index (χ1) is 4.45. The van der Waals surface area contributed by atoms with Crippen molar-refractivity contribution < 1.29 is 19.1 Å². The Morgan fingerprint density at radius 3 is 2.30 bits per heavy atom. The van der Waals surface area contributed by atoms with Gasteiger partial charge in [0.25, 0.3) is 0 Å². The van der Waals surface area contributed by atoms with Crippen LogP contribution in [0.4, 0.5) is 0 Å². The van der Waals surface area contributed by atoms with Gasteiger partial charge in [-0.3, -0.25) is 9.36 Å². The van der Waals surface area contributed by atoms with Gasteiger partial charge < -0.3 is 9.79 Å². The largest absolute Gasteiger partial charge is 0.332 e. The van der Waals surface area contributed by atoms with Crippen LogP contribution in [0.15, 0.2) is 0 Å². The third-order valence-corrected chi connectivity index (χ3v) is 1.68. The first-order valence-corrected chi connectivity index (χ1v) is 4.81. The van der Waals surface area contributed by atoms with Crippen molar-refractivity contribution in [2.75, 3.05) is 6.16 Å². The van der Waals surface area contributed by atoms with Gasteiger partial charge in [-0.05, 0) is 6.42 Å². The van der Waals surface area contributed by atoms with E-state index in [-0.39, 0.29) is 12.2 Å². The fourth-order valence-electron chi connectivity index (χ4n) is 0.588. The summed E-state index contributed by atoms with van der Waals surface area (Å²) in [5, 5.41) is 0. The molecule has 2 N–H and O–H groups in total. The van der Waals surface area contributed by atoms with Crippen molar-refractivity contribution >= 4 is 13.4 Å². The summed E-state index contributed by atoms with van der Waals surface area (Å²) >= 11 is 0. The summed E-state index contributed by atoms with van der Waals surface area (Å²) in [5.41, 5.74) is 0. The van der Waals surface area contributed by atoms with Gasteiger partial charge in [-0.25, -0.2) is 0 Å². The molecule has 0 spiro atoms. The average Bonchev–Trinajstić information content (AvgIpc) is 1.59. The summed E-state index contributed by atoms with van der Waals surface area (Å²) in [6.45, 7) is 1.79. The van der Waals surface area contributed by atoms with Crippen molar-refractivity contribution in [1.29, 1.82) is 0 Å². The molecule has 0 radical (unpaired) electrons. The fraction of sp³-hybridized carbons (Fsp3) is 0.800. The molecule has 60 valence electrons. The highest BCUT2D eigenvalue weighted by Gasteiger charge is 2.17. The van der Waals surface area contributed by atoms with Gasteiger partial charge in [0.05, 0.1) is 0 Å². The highest BCUT2D eigenvalue weighted by Crippen LogP contribution is 2.34. The van der Waals surface area contributed by atoms with Crippen molar-refractivity contribution in [3.8, 4) is 0 Å². The van der Waals surface area contributed by atoms with E-state index in [1.54, 1.807) is 6.92 Å². The molecule has 0 bridgehead atoms. The second-order valence-corrected chi connectivity index (χ2v) is 3.76. The molecular formula is C5H11O4P. The Morgan fingerprint density at radius 2 is 2.00 bits per heavy atom. The van der Waals surface area contributed by atoms with Crippen LogP contribution in [0.1, 0.15) is 19.8 Å². The van der Waals surface area contributed by atoms with Crippen LogP contribution in [-0.2, 0) is 9.36 Å². The van der Waals surface area contributed by atoms with E-state index in [2.05, 4.69) is 0 Å². The van der Waals surface area contributed by atoms with Crippen molar-refractivity contribution in [3.05, 3.63) is 0 Å². The molecule has 0 atom stereocenters. The summed E-state index contributed by atoms with van der Waals surface area (Å²) in [4.78, 5) is 27.2. The van der Waals surface area contributed by atoms with Gasteiger partial charge in [0.15, 0.2) is 0 Å². The van der Waals surface area contributed by atoms with Gasteiger partial charge in [0, 0.05) is 6.42 Å².